The summed E-state index contributed by atoms with van der Waals surface area (Å²) < 4.78 is 1.84. The Morgan fingerprint density at radius 3 is 3.11 bits per heavy atom. The molecule has 1 aliphatic heterocycles. The first-order chi connectivity index (χ1) is 8.74. The Morgan fingerprint density at radius 2 is 2.44 bits per heavy atom. The Labute approximate surface area is 109 Å². The standard InChI is InChI=1S/C12H14N4OS/c1-9-6-11(18-8-9)12(17)15-4-2-10(7-15)16-5-3-13-14-16/h3,5-6,8,10H,2,4,7H2,1H3/t10-/m0/s1. The maximum atomic E-state index is 12.3. The molecule has 6 heteroatoms. The lowest BCUT2D eigenvalue weighted by Crippen LogP contribution is -2.28. The number of carbonyl (C=O) groups is 1. The summed E-state index contributed by atoms with van der Waals surface area (Å²) in [6.45, 7) is 3.52. The monoisotopic (exact) mass is 262 g/mol. The van der Waals surface area contributed by atoms with Gasteiger partial charge < -0.3 is 4.90 Å². The number of hydrogen-bond donors (Lipinski definition) is 0. The van der Waals surface area contributed by atoms with Gasteiger partial charge in [-0.05, 0) is 30.4 Å². The van der Waals surface area contributed by atoms with E-state index in [1.807, 2.05) is 34.1 Å². The van der Waals surface area contributed by atoms with E-state index in [4.69, 9.17) is 0 Å². The summed E-state index contributed by atoms with van der Waals surface area (Å²) in [5.41, 5.74) is 1.15. The van der Waals surface area contributed by atoms with Crippen LogP contribution in [0, 0.1) is 6.92 Å². The Morgan fingerprint density at radius 1 is 1.56 bits per heavy atom. The van der Waals surface area contributed by atoms with Gasteiger partial charge in [-0.3, -0.25) is 4.79 Å². The van der Waals surface area contributed by atoms with Gasteiger partial charge >= 0.3 is 0 Å². The molecule has 1 saturated heterocycles. The average Bonchev–Trinajstić information content (AvgIpc) is 3.09. The summed E-state index contributed by atoms with van der Waals surface area (Å²) >= 11 is 1.52. The second-order valence-corrected chi connectivity index (χ2v) is 5.48. The van der Waals surface area contributed by atoms with Crippen LogP contribution in [0.5, 0.6) is 0 Å². The molecule has 3 rings (SSSR count). The van der Waals surface area contributed by atoms with E-state index in [9.17, 15) is 4.79 Å². The van der Waals surface area contributed by atoms with Gasteiger partial charge in [0.25, 0.3) is 5.91 Å². The lowest BCUT2D eigenvalue weighted by Gasteiger charge is -2.15. The van der Waals surface area contributed by atoms with Gasteiger partial charge in [0.1, 0.15) is 0 Å². The summed E-state index contributed by atoms with van der Waals surface area (Å²) in [4.78, 5) is 15.0. The predicted octanol–water partition coefficient (Wildman–Crippen LogP) is 1.74. The number of carbonyl (C=O) groups excluding carboxylic acids is 1. The van der Waals surface area contributed by atoms with Crippen molar-refractivity contribution in [3.8, 4) is 0 Å². The van der Waals surface area contributed by atoms with Gasteiger partial charge in [-0.25, -0.2) is 4.68 Å². The van der Waals surface area contributed by atoms with E-state index in [1.165, 1.54) is 11.3 Å². The molecule has 0 aromatic carbocycles. The van der Waals surface area contributed by atoms with Gasteiger partial charge in [-0.2, -0.15) is 0 Å². The lowest BCUT2D eigenvalue weighted by atomic mass is 10.3. The summed E-state index contributed by atoms with van der Waals surface area (Å²) in [7, 11) is 0. The summed E-state index contributed by atoms with van der Waals surface area (Å²) in [5, 5.41) is 9.82. The molecule has 0 aliphatic carbocycles. The molecule has 3 heterocycles. The van der Waals surface area contributed by atoms with Crippen LogP contribution in [0.1, 0.15) is 27.7 Å². The number of amides is 1. The third-order valence-corrected chi connectivity index (χ3v) is 4.24. The largest absolute Gasteiger partial charge is 0.336 e. The van der Waals surface area contributed by atoms with E-state index < -0.39 is 0 Å². The number of likely N-dealkylation sites (tertiary alicyclic amines) is 1. The minimum atomic E-state index is 0.135. The SMILES string of the molecule is Cc1csc(C(=O)N2CC[C@H](n3ccnn3)C2)c1. The van der Waals surface area contributed by atoms with E-state index >= 15 is 0 Å². The van der Waals surface area contributed by atoms with Crippen LogP contribution >= 0.6 is 11.3 Å². The molecule has 94 valence electrons. The summed E-state index contributed by atoms with van der Waals surface area (Å²) in [6.07, 6.45) is 4.47. The van der Waals surface area contributed by atoms with Crippen molar-refractivity contribution in [1.82, 2.24) is 19.9 Å². The van der Waals surface area contributed by atoms with Crippen LogP contribution in [0.2, 0.25) is 0 Å². The van der Waals surface area contributed by atoms with Crippen molar-refractivity contribution in [3.63, 3.8) is 0 Å². The molecule has 0 saturated carbocycles. The first-order valence-electron chi connectivity index (χ1n) is 5.94. The maximum absolute atomic E-state index is 12.3. The number of thiophene rings is 1. The fourth-order valence-electron chi connectivity index (χ4n) is 2.25. The second-order valence-electron chi connectivity index (χ2n) is 4.57. The third-order valence-electron chi connectivity index (χ3n) is 3.21. The molecular formula is C12H14N4OS. The highest BCUT2D eigenvalue weighted by atomic mass is 32.1. The Bertz CT molecular complexity index is 548. The lowest BCUT2D eigenvalue weighted by molar-refractivity contribution is 0.0791. The van der Waals surface area contributed by atoms with Crippen molar-refractivity contribution in [2.45, 2.75) is 19.4 Å². The molecule has 1 atom stereocenters. The summed E-state index contributed by atoms with van der Waals surface area (Å²) in [5.74, 6) is 0.135. The second kappa shape index (κ2) is 4.53. The smallest absolute Gasteiger partial charge is 0.264 e. The van der Waals surface area contributed by atoms with Crippen LogP contribution in [0.15, 0.2) is 23.8 Å². The normalized spacial score (nSPS) is 19.4. The molecule has 0 unspecified atom stereocenters. The van der Waals surface area contributed by atoms with Gasteiger partial charge in [0.05, 0.1) is 17.1 Å². The molecule has 0 N–H and O–H groups in total. The highest BCUT2D eigenvalue weighted by molar-refractivity contribution is 7.12. The van der Waals surface area contributed by atoms with Crippen LogP contribution < -0.4 is 0 Å². The zero-order chi connectivity index (χ0) is 12.5. The van der Waals surface area contributed by atoms with E-state index in [2.05, 4.69) is 10.3 Å². The molecular weight excluding hydrogens is 248 g/mol. The van der Waals surface area contributed by atoms with Crippen molar-refractivity contribution < 1.29 is 4.79 Å². The van der Waals surface area contributed by atoms with Crippen LogP contribution in [-0.2, 0) is 0 Å². The van der Waals surface area contributed by atoms with Crippen molar-refractivity contribution in [1.29, 1.82) is 0 Å². The Balaban J connectivity index is 1.70. The zero-order valence-corrected chi connectivity index (χ0v) is 10.9. The fourth-order valence-corrected chi connectivity index (χ4v) is 3.12. The highest BCUT2D eigenvalue weighted by Gasteiger charge is 2.28. The highest BCUT2D eigenvalue weighted by Crippen LogP contribution is 2.24. The molecule has 0 spiro atoms. The molecule has 0 bridgehead atoms. The summed E-state index contributed by atoms with van der Waals surface area (Å²) in [6, 6.07) is 2.22. The van der Waals surface area contributed by atoms with E-state index in [0.717, 1.165) is 30.0 Å². The van der Waals surface area contributed by atoms with Gasteiger partial charge in [-0.1, -0.05) is 5.21 Å². The fraction of sp³-hybridized carbons (Fsp3) is 0.417. The molecule has 1 amide bonds. The van der Waals surface area contributed by atoms with Crippen molar-refractivity contribution in [3.05, 3.63) is 34.3 Å². The minimum Gasteiger partial charge on any atom is -0.336 e. The van der Waals surface area contributed by atoms with Gasteiger partial charge in [0, 0.05) is 19.3 Å². The van der Waals surface area contributed by atoms with E-state index in [1.54, 1.807) is 6.20 Å². The Kier molecular flexibility index (Phi) is 2.87. The van der Waals surface area contributed by atoms with Crippen molar-refractivity contribution in [2.24, 2.45) is 0 Å². The molecule has 1 fully saturated rings. The quantitative estimate of drug-likeness (QED) is 0.828. The molecule has 2 aromatic rings. The molecule has 2 aromatic heterocycles. The van der Waals surface area contributed by atoms with Crippen molar-refractivity contribution >= 4 is 17.2 Å². The molecule has 18 heavy (non-hydrogen) atoms. The molecule has 0 radical (unpaired) electrons. The first-order valence-corrected chi connectivity index (χ1v) is 6.82. The van der Waals surface area contributed by atoms with Crippen molar-refractivity contribution in [2.75, 3.05) is 13.1 Å². The zero-order valence-electron chi connectivity index (χ0n) is 10.1. The maximum Gasteiger partial charge on any atom is 0.264 e. The number of nitrogens with zero attached hydrogens (tertiary/aromatic N) is 4. The van der Waals surface area contributed by atoms with Crippen LogP contribution in [-0.4, -0.2) is 38.9 Å². The molecule has 1 aliphatic rings. The molecule has 5 nitrogen and oxygen atoms in total. The first kappa shape index (κ1) is 11.4. The average molecular weight is 262 g/mol. The van der Waals surface area contributed by atoms with E-state index in [0.29, 0.717) is 0 Å². The number of aromatic nitrogens is 3. The van der Waals surface area contributed by atoms with Gasteiger partial charge in [0.15, 0.2) is 0 Å². The van der Waals surface area contributed by atoms with Crippen LogP contribution in [0.4, 0.5) is 0 Å². The number of rotatable bonds is 2. The Hall–Kier alpha value is -1.69. The third kappa shape index (κ3) is 2.03. The van der Waals surface area contributed by atoms with Crippen LogP contribution in [0.25, 0.3) is 0 Å². The van der Waals surface area contributed by atoms with Gasteiger partial charge in [-0.15, -0.1) is 16.4 Å². The number of hydrogen-bond acceptors (Lipinski definition) is 4. The number of aryl methyl sites for hydroxylation is 1. The predicted molar refractivity (Wildman–Crippen MR) is 68.6 cm³/mol. The topological polar surface area (TPSA) is 51.0 Å². The minimum absolute atomic E-state index is 0.135. The van der Waals surface area contributed by atoms with E-state index in [-0.39, 0.29) is 11.9 Å². The van der Waals surface area contributed by atoms with Crippen LogP contribution in [0.3, 0.4) is 0 Å². The van der Waals surface area contributed by atoms with Gasteiger partial charge in [0.2, 0.25) is 0 Å².